The Bertz CT molecular complexity index is 798. The molecule has 2 aromatic rings. The number of amides is 2. The van der Waals surface area contributed by atoms with Crippen LogP contribution in [0, 0.1) is 6.92 Å². The molecule has 0 unspecified atom stereocenters. The van der Waals surface area contributed by atoms with Gasteiger partial charge in [-0.25, -0.2) is 4.79 Å². The zero-order valence-electron chi connectivity index (χ0n) is 15.3. The monoisotopic (exact) mass is 354 g/mol. The molecular formula is C20H22N2O4. The number of benzene rings is 2. The number of hydrogen-bond acceptors (Lipinski definition) is 4. The first-order valence-electron chi connectivity index (χ1n) is 8.21. The highest BCUT2D eigenvalue weighted by molar-refractivity contribution is 6.05. The van der Waals surface area contributed by atoms with Gasteiger partial charge in [0, 0.05) is 25.2 Å². The smallest absolute Gasteiger partial charge is 0.333 e. The van der Waals surface area contributed by atoms with Crippen LogP contribution in [0.2, 0.25) is 0 Å². The van der Waals surface area contributed by atoms with Gasteiger partial charge in [-0.1, -0.05) is 17.7 Å². The zero-order valence-corrected chi connectivity index (χ0v) is 15.3. The number of carbonyl (C=O) groups is 3. The molecule has 0 saturated heterocycles. The van der Waals surface area contributed by atoms with Crippen LogP contribution in [0.1, 0.15) is 29.8 Å². The summed E-state index contributed by atoms with van der Waals surface area (Å²) in [6, 6.07) is 13.2. The summed E-state index contributed by atoms with van der Waals surface area (Å²) in [5.74, 6) is -0.653. The number of carbonyl (C=O) groups excluding carboxylic acids is 3. The third kappa shape index (κ3) is 4.92. The number of esters is 1. The van der Waals surface area contributed by atoms with Crippen LogP contribution in [0.3, 0.4) is 0 Å². The maximum Gasteiger partial charge on any atom is 0.333 e. The molecular weight excluding hydrogens is 332 g/mol. The van der Waals surface area contributed by atoms with E-state index in [0.717, 1.165) is 5.56 Å². The summed E-state index contributed by atoms with van der Waals surface area (Å²) in [7, 11) is 1.68. The van der Waals surface area contributed by atoms with Crippen molar-refractivity contribution in [2.75, 3.05) is 11.9 Å². The number of rotatable bonds is 5. The average molecular weight is 354 g/mol. The van der Waals surface area contributed by atoms with E-state index >= 15 is 0 Å². The summed E-state index contributed by atoms with van der Waals surface area (Å²) in [4.78, 5) is 36.9. The van der Waals surface area contributed by atoms with Gasteiger partial charge in [0.05, 0.1) is 0 Å². The molecule has 6 heteroatoms. The molecule has 0 aromatic heterocycles. The van der Waals surface area contributed by atoms with Gasteiger partial charge in [0.1, 0.15) is 11.8 Å². The van der Waals surface area contributed by atoms with Crippen molar-refractivity contribution in [3.8, 4) is 5.75 Å². The quantitative estimate of drug-likeness (QED) is 0.662. The van der Waals surface area contributed by atoms with Crippen LogP contribution in [0.4, 0.5) is 5.69 Å². The molecule has 26 heavy (non-hydrogen) atoms. The number of anilines is 1. The third-order valence-electron chi connectivity index (χ3n) is 3.82. The van der Waals surface area contributed by atoms with E-state index in [2.05, 4.69) is 5.32 Å². The van der Waals surface area contributed by atoms with Gasteiger partial charge >= 0.3 is 5.97 Å². The average Bonchev–Trinajstić information content (AvgIpc) is 2.61. The molecule has 0 bridgehead atoms. The summed E-state index contributed by atoms with van der Waals surface area (Å²) in [6.45, 7) is 4.84. The Kier molecular flexibility index (Phi) is 6.11. The van der Waals surface area contributed by atoms with E-state index in [1.54, 1.807) is 50.4 Å². The molecule has 0 aliphatic carbocycles. The van der Waals surface area contributed by atoms with Crippen molar-refractivity contribution in [2.24, 2.45) is 0 Å². The van der Waals surface area contributed by atoms with Crippen molar-refractivity contribution in [2.45, 2.75) is 26.8 Å². The lowest BCUT2D eigenvalue weighted by molar-refractivity contribution is -0.138. The molecule has 1 atom stereocenters. The van der Waals surface area contributed by atoms with Crippen LogP contribution in [0.15, 0.2) is 48.5 Å². The molecule has 2 amide bonds. The standard InChI is InChI=1S/C20H22N2O4/c1-13-5-7-16(8-6-13)19(24)22(4)17-9-11-18(12-10-17)26-20(25)14(2)21-15(3)23/h5-12,14H,1-4H3,(H,21,23)/t14-/m1/s1. The summed E-state index contributed by atoms with van der Waals surface area (Å²) < 4.78 is 5.21. The zero-order chi connectivity index (χ0) is 19.3. The second-order valence-corrected chi connectivity index (χ2v) is 6.07. The van der Waals surface area contributed by atoms with Crippen LogP contribution in [-0.2, 0) is 9.59 Å². The lowest BCUT2D eigenvalue weighted by atomic mass is 10.1. The first-order chi connectivity index (χ1) is 12.3. The Balaban J connectivity index is 2.04. The molecule has 136 valence electrons. The molecule has 0 saturated carbocycles. The normalized spacial score (nSPS) is 11.4. The van der Waals surface area contributed by atoms with Crippen molar-refractivity contribution in [1.29, 1.82) is 0 Å². The topological polar surface area (TPSA) is 75.7 Å². The van der Waals surface area contributed by atoms with E-state index in [1.807, 2.05) is 19.1 Å². The van der Waals surface area contributed by atoms with E-state index in [-0.39, 0.29) is 11.8 Å². The summed E-state index contributed by atoms with van der Waals surface area (Å²) in [5.41, 5.74) is 2.35. The van der Waals surface area contributed by atoms with Gasteiger partial charge in [0.25, 0.3) is 5.91 Å². The number of ether oxygens (including phenoxy) is 1. The molecule has 0 heterocycles. The number of hydrogen-bond donors (Lipinski definition) is 1. The van der Waals surface area contributed by atoms with Gasteiger partial charge in [0.15, 0.2) is 0 Å². The minimum Gasteiger partial charge on any atom is -0.425 e. The first kappa shape index (κ1) is 19.2. The van der Waals surface area contributed by atoms with E-state index in [4.69, 9.17) is 4.74 Å². The van der Waals surface area contributed by atoms with Crippen LogP contribution in [0.5, 0.6) is 5.75 Å². The molecule has 0 radical (unpaired) electrons. The Labute approximate surface area is 152 Å². The molecule has 2 rings (SSSR count). The Hall–Kier alpha value is -3.15. The highest BCUT2D eigenvalue weighted by Gasteiger charge is 2.17. The van der Waals surface area contributed by atoms with Crippen LogP contribution >= 0.6 is 0 Å². The molecule has 0 spiro atoms. The number of nitrogens with zero attached hydrogens (tertiary/aromatic N) is 1. The van der Waals surface area contributed by atoms with E-state index in [9.17, 15) is 14.4 Å². The number of aryl methyl sites for hydroxylation is 1. The second-order valence-electron chi connectivity index (χ2n) is 6.07. The summed E-state index contributed by atoms with van der Waals surface area (Å²) >= 11 is 0. The summed E-state index contributed by atoms with van der Waals surface area (Å²) in [5, 5.41) is 2.46. The number of nitrogens with one attached hydrogen (secondary N) is 1. The Morgan fingerprint density at radius 1 is 1.00 bits per heavy atom. The minimum absolute atomic E-state index is 0.131. The maximum atomic E-state index is 12.5. The van der Waals surface area contributed by atoms with E-state index in [0.29, 0.717) is 17.0 Å². The Morgan fingerprint density at radius 3 is 2.12 bits per heavy atom. The lowest BCUT2D eigenvalue weighted by Crippen LogP contribution is -2.39. The minimum atomic E-state index is -0.738. The Morgan fingerprint density at radius 2 is 1.58 bits per heavy atom. The SMILES string of the molecule is CC(=O)N[C@H](C)C(=O)Oc1ccc(N(C)C(=O)c2ccc(C)cc2)cc1. The molecule has 0 fully saturated rings. The second kappa shape index (κ2) is 8.29. The van der Waals surface area contributed by atoms with Gasteiger partial charge in [-0.15, -0.1) is 0 Å². The van der Waals surface area contributed by atoms with Crippen molar-refractivity contribution >= 4 is 23.5 Å². The van der Waals surface area contributed by atoms with Gasteiger partial charge < -0.3 is 15.0 Å². The first-order valence-corrected chi connectivity index (χ1v) is 8.21. The fourth-order valence-corrected chi connectivity index (χ4v) is 2.31. The molecule has 2 aromatic carbocycles. The molecule has 0 aliphatic heterocycles. The largest absolute Gasteiger partial charge is 0.425 e. The fraction of sp³-hybridized carbons (Fsp3) is 0.250. The van der Waals surface area contributed by atoms with Gasteiger partial charge in [-0.2, -0.15) is 0 Å². The predicted molar refractivity (Wildman–Crippen MR) is 99.3 cm³/mol. The summed E-state index contributed by atoms with van der Waals surface area (Å²) in [6.07, 6.45) is 0. The van der Waals surface area contributed by atoms with Crippen molar-refractivity contribution < 1.29 is 19.1 Å². The molecule has 6 nitrogen and oxygen atoms in total. The predicted octanol–water partition coefficient (Wildman–Crippen LogP) is 2.70. The van der Waals surface area contributed by atoms with Crippen molar-refractivity contribution in [3.05, 3.63) is 59.7 Å². The highest BCUT2D eigenvalue weighted by atomic mass is 16.5. The van der Waals surface area contributed by atoms with E-state index < -0.39 is 12.0 Å². The fourth-order valence-electron chi connectivity index (χ4n) is 2.31. The van der Waals surface area contributed by atoms with Gasteiger partial charge in [0.2, 0.25) is 5.91 Å². The van der Waals surface area contributed by atoms with Crippen LogP contribution < -0.4 is 15.0 Å². The molecule has 1 N–H and O–H groups in total. The van der Waals surface area contributed by atoms with E-state index in [1.165, 1.54) is 11.8 Å². The molecule has 0 aliphatic rings. The highest BCUT2D eigenvalue weighted by Crippen LogP contribution is 2.20. The van der Waals surface area contributed by atoms with Crippen LogP contribution in [-0.4, -0.2) is 30.9 Å². The van der Waals surface area contributed by atoms with Gasteiger partial charge in [-0.05, 0) is 50.2 Å². The third-order valence-corrected chi connectivity index (χ3v) is 3.82. The van der Waals surface area contributed by atoms with Crippen molar-refractivity contribution in [3.63, 3.8) is 0 Å². The lowest BCUT2D eigenvalue weighted by Gasteiger charge is -2.18. The van der Waals surface area contributed by atoms with Crippen molar-refractivity contribution in [1.82, 2.24) is 5.32 Å². The van der Waals surface area contributed by atoms with Gasteiger partial charge in [-0.3, -0.25) is 9.59 Å². The maximum absolute atomic E-state index is 12.5. The van der Waals surface area contributed by atoms with Crippen LogP contribution in [0.25, 0.3) is 0 Å².